The molecule has 0 amide bonds. The lowest BCUT2D eigenvalue weighted by Crippen LogP contribution is -2.56. The minimum atomic E-state index is -4.21. The maximum absolute atomic E-state index is 12.9. The number of alkyl halides is 3. The van der Waals surface area contributed by atoms with Gasteiger partial charge in [-0.2, -0.15) is 13.2 Å². The normalized spacial score (nSPS) is 16.4. The number of benzene rings is 1. The van der Waals surface area contributed by atoms with E-state index in [1.807, 2.05) is 24.0 Å². The van der Waals surface area contributed by atoms with E-state index in [1.54, 1.807) is 21.3 Å². The standard InChI is InChI=1S/C20H31F3N4O3.HI/c1-6-30-18-16(28-4)11-15(12-17(18)29-5)13-25-19(24-3)27-9-7-26(8-10-27)14(2)20(21,22)23;/h11-12,14H,6-10,13H2,1-5H3,(H,24,25);1H. The van der Waals surface area contributed by atoms with Crippen LogP contribution in [0.1, 0.15) is 19.4 Å². The Morgan fingerprint density at radius 1 is 1.13 bits per heavy atom. The van der Waals surface area contributed by atoms with Gasteiger partial charge in [-0.05, 0) is 31.5 Å². The molecule has 0 saturated carbocycles. The summed E-state index contributed by atoms with van der Waals surface area (Å²) in [7, 11) is 4.79. The number of halogens is 4. The van der Waals surface area contributed by atoms with Gasteiger partial charge < -0.3 is 24.4 Å². The van der Waals surface area contributed by atoms with Gasteiger partial charge in [0.25, 0.3) is 0 Å². The molecule has 11 heteroatoms. The number of nitrogens with one attached hydrogen (secondary N) is 1. The van der Waals surface area contributed by atoms with Gasteiger partial charge in [0.15, 0.2) is 17.5 Å². The number of rotatable bonds is 7. The van der Waals surface area contributed by atoms with Gasteiger partial charge >= 0.3 is 6.18 Å². The first-order chi connectivity index (χ1) is 14.2. The van der Waals surface area contributed by atoms with Gasteiger partial charge in [-0.3, -0.25) is 9.89 Å². The zero-order valence-corrected chi connectivity index (χ0v) is 20.9. The Bertz CT molecular complexity index is 701. The molecule has 1 aromatic carbocycles. The molecule has 1 N–H and O–H groups in total. The molecule has 1 fully saturated rings. The molecule has 178 valence electrons. The molecule has 1 aliphatic rings. The van der Waals surface area contributed by atoms with E-state index in [9.17, 15) is 13.2 Å². The van der Waals surface area contributed by atoms with Crippen LogP contribution in [0, 0.1) is 0 Å². The van der Waals surface area contributed by atoms with Crippen molar-refractivity contribution in [2.45, 2.75) is 32.6 Å². The third-order valence-electron chi connectivity index (χ3n) is 5.11. The van der Waals surface area contributed by atoms with Crippen LogP contribution in [-0.4, -0.2) is 82.0 Å². The maximum atomic E-state index is 12.9. The van der Waals surface area contributed by atoms with E-state index < -0.39 is 12.2 Å². The van der Waals surface area contributed by atoms with Crippen LogP contribution in [0.15, 0.2) is 17.1 Å². The van der Waals surface area contributed by atoms with Crippen molar-refractivity contribution in [1.82, 2.24) is 15.1 Å². The Morgan fingerprint density at radius 2 is 1.68 bits per heavy atom. The molecule has 31 heavy (non-hydrogen) atoms. The van der Waals surface area contributed by atoms with Crippen molar-refractivity contribution in [1.29, 1.82) is 0 Å². The van der Waals surface area contributed by atoms with E-state index in [-0.39, 0.29) is 24.0 Å². The van der Waals surface area contributed by atoms with E-state index in [2.05, 4.69) is 10.3 Å². The molecule has 7 nitrogen and oxygen atoms in total. The molecule has 1 heterocycles. The average Bonchev–Trinajstić information content (AvgIpc) is 2.74. The Balaban J connectivity index is 0.00000480. The molecule has 1 unspecified atom stereocenters. The lowest BCUT2D eigenvalue weighted by molar-refractivity contribution is -0.181. The summed E-state index contributed by atoms with van der Waals surface area (Å²) in [4.78, 5) is 7.69. The number of methoxy groups -OCH3 is 2. The third-order valence-corrected chi connectivity index (χ3v) is 5.11. The third kappa shape index (κ3) is 7.19. The number of nitrogens with zero attached hydrogens (tertiary/aromatic N) is 3. The maximum Gasteiger partial charge on any atom is 0.403 e. The van der Waals surface area contributed by atoms with Crippen LogP contribution in [0.2, 0.25) is 0 Å². The van der Waals surface area contributed by atoms with E-state index in [1.165, 1.54) is 11.8 Å². The highest BCUT2D eigenvalue weighted by atomic mass is 127. The highest BCUT2D eigenvalue weighted by molar-refractivity contribution is 14.0. The van der Waals surface area contributed by atoms with Crippen molar-refractivity contribution in [2.24, 2.45) is 4.99 Å². The molecule has 0 radical (unpaired) electrons. The highest BCUT2D eigenvalue weighted by Crippen LogP contribution is 2.38. The van der Waals surface area contributed by atoms with Crippen molar-refractivity contribution in [2.75, 3.05) is 54.1 Å². The topological polar surface area (TPSA) is 58.6 Å². The van der Waals surface area contributed by atoms with Crippen LogP contribution >= 0.6 is 24.0 Å². The highest BCUT2D eigenvalue weighted by Gasteiger charge is 2.41. The Labute approximate surface area is 198 Å². The molecule has 0 spiro atoms. The zero-order valence-electron chi connectivity index (χ0n) is 18.6. The summed E-state index contributed by atoms with van der Waals surface area (Å²) in [6.07, 6.45) is -4.21. The first-order valence-electron chi connectivity index (χ1n) is 9.89. The van der Waals surface area contributed by atoms with Crippen LogP contribution < -0.4 is 19.5 Å². The monoisotopic (exact) mass is 560 g/mol. The minimum absolute atomic E-state index is 0. The molecular formula is C20H32F3IN4O3. The average molecular weight is 560 g/mol. The summed E-state index contributed by atoms with van der Waals surface area (Å²) < 4.78 is 55.3. The Kier molecular flexibility index (Phi) is 11.0. The summed E-state index contributed by atoms with van der Waals surface area (Å²) in [6.45, 7) is 5.61. The molecule has 0 aromatic heterocycles. The van der Waals surface area contributed by atoms with E-state index >= 15 is 0 Å². The largest absolute Gasteiger partial charge is 0.493 e. The van der Waals surface area contributed by atoms with Gasteiger partial charge in [0.2, 0.25) is 5.75 Å². The van der Waals surface area contributed by atoms with Crippen molar-refractivity contribution in [3.8, 4) is 17.2 Å². The van der Waals surface area contributed by atoms with Gasteiger partial charge in [0.05, 0.1) is 20.8 Å². The zero-order chi connectivity index (χ0) is 22.3. The summed E-state index contributed by atoms with van der Waals surface area (Å²) in [5, 5.41) is 3.27. The van der Waals surface area contributed by atoms with Crippen LogP contribution in [0.5, 0.6) is 17.2 Å². The SMILES string of the molecule is CCOc1c(OC)cc(CNC(=NC)N2CCN(C(C)C(F)(F)F)CC2)cc1OC.I. The molecular weight excluding hydrogens is 528 g/mol. The molecule has 1 aromatic rings. The molecule has 2 rings (SSSR count). The predicted molar refractivity (Wildman–Crippen MR) is 125 cm³/mol. The number of guanidine groups is 1. The number of hydrogen-bond acceptors (Lipinski definition) is 5. The molecule has 1 aliphatic heterocycles. The van der Waals surface area contributed by atoms with Gasteiger partial charge in [0.1, 0.15) is 6.04 Å². The quantitative estimate of drug-likeness (QED) is 0.314. The van der Waals surface area contributed by atoms with E-state index in [0.717, 1.165) is 5.56 Å². The van der Waals surface area contributed by atoms with Gasteiger partial charge in [-0.1, -0.05) is 0 Å². The fourth-order valence-corrected chi connectivity index (χ4v) is 3.36. The molecule has 0 aliphatic carbocycles. The number of hydrogen-bond donors (Lipinski definition) is 1. The van der Waals surface area contributed by atoms with Crippen molar-refractivity contribution >= 4 is 29.9 Å². The number of piperazine rings is 1. The smallest absolute Gasteiger partial charge is 0.403 e. The van der Waals surface area contributed by atoms with Gasteiger partial charge in [-0.15, -0.1) is 24.0 Å². The van der Waals surface area contributed by atoms with Crippen molar-refractivity contribution in [3.63, 3.8) is 0 Å². The Morgan fingerprint density at radius 3 is 2.10 bits per heavy atom. The van der Waals surface area contributed by atoms with Crippen LogP contribution in [0.3, 0.4) is 0 Å². The summed E-state index contributed by atoms with van der Waals surface area (Å²) in [6, 6.07) is 2.27. The summed E-state index contributed by atoms with van der Waals surface area (Å²) in [5.41, 5.74) is 0.901. The second kappa shape index (κ2) is 12.4. The van der Waals surface area contributed by atoms with Gasteiger partial charge in [0, 0.05) is 39.8 Å². The number of aliphatic imine (C=N–C) groups is 1. The van der Waals surface area contributed by atoms with Crippen LogP contribution in [0.25, 0.3) is 0 Å². The van der Waals surface area contributed by atoms with Crippen LogP contribution in [0.4, 0.5) is 13.2 Å². The first kappa shape index (κ1) is 27.4. The van der Waals surface area contributed by atoms with Crippen molar-refractivity contribution < 1.29 is 27.4 Å². The lowest BCUT2D eigenvalue weighted by Gasteiger charge is -2.39. The fourth-order valence-electron chi connectivity index (χ4n) is 3.36. The molecule has 0 bridgehead atoms. The van der Waals surface area contributed by atoms with Crippen LogP contribution in [-0.2, 0) is 6.54 Å². The van der Waals surface area contributed by atoms with E-state index in [0.29, 0.717) is 62.5 Å². The molecule has 1 atom stereocenters. The second-order valence-corrected chi connectivity index (χ2v) is 6.90. The lowest BCUT2D eigenvalue weighted by atomic mass is 10.1. The predicted octanol–water partition coefficient (Wildman–Crippen LogP) is 3.36. The van der Waals surface area contributed by atoms with Gasteiger partial charge in [-0.25, -0.2) is 0 Å². The summed E-state index contributed by atoms with van der Waals surface area (Å²) in [5.74, 6) is 2.32. The molecule has 1 saturated heterocycles. The van der Waals surface area contributed by atoms with E-state index in [4.69, 9.17) is 14.2 Å². The second-order valence-electron chi connectivity index (χ2n) is 6.90. The fraction of sp³-hybridized carbons (Fsp3) is 0.650. The Hall–Kier alpha value is -1.63. The number of ether oxygens (including phenoxy) is 3. The van der Waals surface area contributed by atoms with Crippen molar-refractivity contribution in [3.05, 3.63) is 17.7 Å². The first-order valence-corrected chi connectivity index (χ1v) is 9.89. The minimum Gasteiger partial charge on any atom is -0.493 e. The summed E-state index contributed by atoms with van der Waals surface area (Å²) >= 11 is 0.